The largest absolute Gasteiger partial charge is 0.319 e. The molecule has 0 aliphatic heterocycles. The van der Waals surface area contributed by atoms with Crippen molar-refractivity contribution in [3.05, 3.63) is 117 Å². The molecule has 0 spiro atoms. The molecule has 7 heteroatoms. The fourth-order valence-electron chi connectivity index (χ4n) is 3.64. The molecular weight excluding hydrogens is 441 g/mol. The molecule has 0 fully saturated rings. The minimum absolute atomic E-state index is 0.237. The van der Waals surface area contributed by atoms with Crippen molar-refractivity contribution >= 4 is 29.0 Å². The Hall–Kier alpha value is -3.77. The van der Waals surface area contributed by atoms with Crippen LogP contribution < -0.4 is 5.32 Å². The second-order valence-corrected chi connectivity index (χ2v) is 8.07. The van der Waals surface area contributed by atoms with Crippen molar-refractivity contribution in [3.63, 3.8) is 0 Å². The molecule has 0 saturated heterocycles. The molecule has 4 rings (SSSR count). The van der Waals surface area contributed by atoms with Gasteiger partial charge in [-0.1, -0.05) is 48.0 Å². The molecule has 33 heavy (non-hydrogen) atoms. The highest BCUT2D eigenvalue weighted by atomic mass is 35.5. The Kier molecular flexibility index (Phi) is 6.38. The van der Waals surface area contributed by atoms with Gasteiger partial charge in [-0.15, -0.1) is 0 Å². The van der Waals surface area contributed by atoms with E-state index in [1.54, 1.807) is 85.3 Å². The van der Waals surface area contributed by atoms with Crippen LogP contribution in [0.3, 0.4) is 0 Å². The molecule has 1 heterocycles. The van der Waals surface area contributed by atoms with Crippen LogP contribution in [-0.2, 0) is 6.54 Å². The summed E-state index contributed by atoms with van der Waals surface area (Å²) in [4.78, 5) is 26.2. The fourth-order valence-corrected chi connectivity index (χ4v) is 3.76. The molecule has 3 aromatic carbocycles. The molecule has 0 saturated carbocycles. The SMILES string of the molecule is Cc1nn(Cc2ccccc2F)c(C)c1NC(=O)c1ccccc1C(=O)c1ccc(Cl)cc1. The molecule has 0 aliphatic rings. The van der Waals surface area contributed by atoms with Gasteiger partial charge in [0.1, 0.15) is 5.82 Å². The van der Waals surface area contributed by atoms with Gasteiger partial charge in [-0.05, 0) is 50.2 Å². The molecule has 0 aliphatic carbocycles. The highest BCUT2D eigenvalue weighted by Gasteiger charge is 2.21. The third kappa shape index (κ3) is 4.71. The summed E-state index contributed by atoms with van der Waals surface area (Å²) in [6.45, 7) is 3.81. The smallest absolute Gasteiger partial charge is 0.256 e. The van der Waals surface area contributed by atoms with Crippen LogP contribution in [0.2, 0.25) is 5.02 Å². The Morgan fingerprint density at radius 2 is 1.58 bits per heavy atom. The Balaban J connectivity index is 1.61. The Bertz CT molecular complexity index is 1350. The third-order valence-corrected chi connectivity index (χ3v) is 5.67. The van der Waals surface area contributed by atoms with Crippen LogP contribution in [0.4, 0.5) is 10.1 Å². The first-order valence-corrected chi connectivity index (χ1v) is 10.7. The molecule has 5 nitrogen and oxygen atoms in total. The van der Waals surface area contributed by atoms with E-state index in [2.05, 4.69) is 10.4 Å². The number of amides is 1. The zero-order valence-corrected chi connectivity index (χ0v) is 18.9. The zero-order valence-electron chi connectivity index (χ0n) is 18.1. The zero-order chi connectivity index (χ0) is 23.5. The van der Waals surface area contributed by atoms with E-state index >= 15 is 0 Å². The maximum absolute atomic E-state index is 14.1. The van der Waals surface area contributed by atoms with Crippen molar-refractivity contribution in [2.45, 2.75) is 20.4 Å². The van der Waals surface area contributed by atoms with Gasteiger partial charge in [0.2, 0.25) is 0 Å². The summed E-state index contributed by atoms with van der Waals surface area (Å²) in [6.07, 6.45) is 0. The lowest BCUT2D eigenvalue weighted by Crippen LogP contribution is -2.18. The van der Waals surface area contributed by atoms with Crippen LogP contribution in [-0.4, -0.2) is 21.5 Å². The summed E-state index contributed by atoms with van der Waals surface area (Å²) < 4.78 is 15.7. The quantitative estimate of drug-likeness (QED) is 0.368. The second kappa shape index (κ2) is 9.38. The second-order valence-electron chi connectivity index (χ2n) is 7.63. The normalized spacial score (nSPS) is 10.8. The van der Waals surface area contributed by atoms with E-state index in [1.165, 1.54) is 6.07 Å². The van der Waals surface area contributed by atoms with Crippen molar-refractivity contribution in [1.82, 2.24) is 9.78 Å². The maximum Gasteiger partial charge on any atom is 0.256 e. The Morgan fingerprint density at radius 3 is 2.27 bits per heavy atom. The highest BCUT2D eigenvalue weighted by Crippen LogP contribution is 2.23. The van der Waals surface area contributed by atoms with E-state index < -0.39 is 5.91 Å². The summed E-state index contributed by atoms with van der Waals surface area (Å²) in [5.41, 5.74) is 3.28. The number of hydrogen-bond donors (Lipinski definition) is 1. The predicted octanol–water partition coefficient (Wildman–Crippen LogP) is 5.82. The summed E-state index contributed by atoms with van der Waals surface area (Å²) in [6, 6.07) is 19.7. The van der Waals surface area contributed by atoms with Crippen molar-refractivity contribution in [2.75, 3.05) is 5.32 Å². The van der Waals surface area contributed by atoms with E-state index in [1.807, 2.05) is 0 Å². The predicted molar refractivity (Wildman–Crippen MR) is 126 cm³/mol. The molecular formula is C26H21ClFN3O2. The van der Waals surface area contributed by atoms with Gasteiger partial charge >= 0.3 is 0 Å². The van der Waals surface area contributed by atoms with Crippen LogP contribution in [0.25, 0.3) is 0 Å². The number of halogens is 2. The minimum atomic E-state index is -0.426. The summed E-state index contributed by atoms with van der Waals surface area (Å²) in [5.74, 6) is -1.02. The van der Waals surface area contributed by atoms with E-state index in [4.69, 9.17) is 11.6 Å². The number of nitrogens with one attached hydrogen (secondary N) is 1. The maximum atomic E-state index is 14.1. The number of rotatable bonds is 6. The molecule has 0 radical (unpaired) electrons. The lowest BCUT2D eigenvalue weighted by Gasteiger charge is -2.11. The van der Waals surface area contributed by atoms with Gasteiger partial charge in [-0.3, -0.25) is 14.3 Å². The molecule has 1 N–H and O–H groups in total. The first kappa shape index (κ1) is 22.4. The van der Waals surface area contributed by atoms with Crippen LogP contribution >= 0.6 is 11.6 Å². The average molecular weight is 462 g/mol. The molecule has 0 bridgehead atoms. The van der Waals surface area contributed by atoms with Crippen molar-refractivity contribution in [2.24, 2.45) is 0 Å². The average Bonchev–Trinajstić information content (AvgIpc) is 3.08. The summed E-state index contributed by atoms with van der Waals surface area (Å²) in [7, 11) is 0. The van der Waals surface area contributed by atoms with E-state index in [0.717, 1.165) is 0 Å². The van der Waals surface area contributed by atoms with Gasteiger partial charge in [-0.2, -0.15) is 5.10 Å². The Labute approximate surface area is 195 Å². The van der Waals surface area contributed by atoms with E-state index in [-0.39, 0.29) is 29.3 Å². The number of aryl methyl sites for hydroxylation is 1. The number of benzene rings is 3. The van der Waals surface area contributed by atoms with Crippen molar-refractivity contribution in [1.29, 1.82) is 0 Å². The van der Waals surface area contributed by atoms with Crippen LogP contribution in [0.5, 0.6) is 0 Å². The van der Waals surface area contributed by atoms with Gasteiger partial charge in [-0.25, -0.2) is 4.39 Å². The van der Waals surface area contributed by atoms with E-state index in [0.29, 0.717) is 33.2 Å². The van der Waals surface area contributed by atoms with Gasteiger partial charge in [0.05, 0.1) is 29.2 Å². The number of anilines is 1. The number of aromatic nitrogens is 2. The first-order chi connectivity index (χ1) is 15.8. The number of ketones is 1. The molecule has 0 unspecified atom stereocenters. The number of carbonyl (C=O) groups is 2. The minimum Gasteiger partial charge on any atom is -0.319 e. The summed E-state index contributed by atoms with van der Waals surface area (Å²) in [5, 5.41) is 7.87. The highest BCUT2D eigenvalue weighted by molar-refractivity contribution is 6.30. The number of hydrogen-bond acceptors (Lipinski definition) is 3. The standard InChI is InChI=1S/C26H21ClFN3O2/c1-16-24(17(2)31(30-16)15-19-7-3-6-10-23(19)28)29-26(33)22-9-5-4-8-21(22)25(32)18-11-13-20(27)14-12-18/h3-14H,15H2,1-2H3,(H,29,33). The molecule has 4 aromatic rings. The molecule has 0 atom stereocenters. The third-order valence-electron chi connectivity index (χ3n) is 5.42. The van der Waals surface area contributed by atoms with Crippen LogP contribution in [0.1, 0.15) is 43.2 Å². The summed E-state index contributed by atoms with van der Waals surface area (Å²) >= 11 is 5.92. The van der Waals surface area contributed by atoms with Crippen molar-refractivity contribution in [3.8, 4) is 0 Å². The lowest BCUT2D eigenvalue weighted by molar-refractivity contribution is 0.0996. The first-order valence-electron chi connectivity index (χ1n) is 10.3. The van der Waals surface area contributed by atoms with Gasteiger partial charge < -0.3 is 5.32 Å². The molecule has 1 amide bonds. The fraction of sp³-hybridized carbons (Fsp3) is 0.115. The van der Waals surface area contributed by atoms with Crippen LogP contribution in [0, 0.1) is 19.7 Å². The van der Waals surface area contributed by atoms with Crippen molar-refractivity contribution < 1.29 is 14.0 Å². The molecule has 166 valence electrons. The lowest BCUT2D eigenvalue weighted by atomic mass is 9.98. The van der Waals surface area contributed by atoms with Gasteiger partial charge in [0, 0.05) is 21.7 Å². The topological polar surface area (TPSA) is 64.0 Å². The van der Waals surface area contributed by atoms with Gasteiger partial charge in [0.25, 0.3) is 5.91 Å². The molecule has 1 aromatic heterocycles. The van der Waals surface area contributed by atoms with E-state index in [9.17, 15) is 14.0 Å². The van der Waals surface area contributed by atoms with Crippen LogP contribution in [0.15, 0.2) is 72.8 Å². The van der Waals surface area contributed by atoms with Gasteiger partial charge in [0.15, 0.2) is 5.78 Å². The Morgan fingerprint density at radius 1 is 0.939 bits per heavy atom. The number of carbonyl (C=O) groups excluding carboxylic acids is 2. The number of nitrogens with zero attached hydrogens (tertiary/aromatic N) is 2. The monoisotopic (exact) mass is 461 g/mol.